The van der Waals surface area contributed by atoms with E-state index in [0.29, 0.717) is 46.0 Å². The lowest BCUT2D eigenvalue weighted by Gasteiger charge is -2.12. The largest absolute Gasteiger partial charge is 0.384 e. The van der Waals surface area contributed by atoms with Gasteiger partial charge >= 0.3 is 0 Å². The van der Waals surface area contributed by atoms with Crippen LogP contribution in [0.5, 0.6) is 0 Å². The molecule has 0 spiro atoms. The molecule has 0 aliphatic heterocycles. The van der Waals surface area contributed by atoms with Crippen molar-refractivity contribution in [3.63, 3.8) is 0 Å². The topological polar surface area (TPSA) is 116 Å². The molecule has 3 N–H and O–H groups in total. The Bertz CT molecular complexity index is 1730. The Morgan fingerprint density at radius 2 is 1.95 bits per heavy atom. The number of imidazole rings is 1. The molecule has 5 aromatic heterocycles. The van der Waals surface area contributed by atoms with Crippen LogP contribution in [0.2, 0.25) is 0 Å². The predicted octanol–water partition coefficient (Wildman–Crippen LogP) is 4.08. The van der Waals surface area contributed by atoms with Crippen molar-refractivity contribution in [2.45, 2.75) is 0 Å². The third-order valence-corrected chi connectivity index (χ3v) is 6.11. The van der Waals surface area contributed by atoms with Crippen LogP contribution in [-0.4, -0.2) is 72.0 Å². The molecule has 0 saturated carbocycles. The summed E-state index contributed by atoms with van der Waals surface area (Å²) in [5.74, 6) is 0.203. The fourth-order valence-corrected chi connectivity index (χ4v) is 4.31. The SMILES string of the molecule is CN(C)CCNc1cc(F)cc(-c2ccnc3[nH]c(-c4n[nH]c5ccc(-c6cnn(C)c6)nc45)nc23)c1. The van der Waals surface area contributed by atoms with Gasteiger partial charge in [-0.1, -0.05) is 0 Å². The molecule has 186 valence electrons. The number of aryl methyl sites for hydroxylation is 1. The molecule has 0 unspecified atom stereocenters. The molecule has 11 heteroatoms. The molecule has 0 amide bonds. The Labute approximate surface area is 211 Å². The van der Waals surface area contributed by atoms with Crippen LogP contribution in [0.1, 0.15) is 0 Å². The second kappa shape index (κ2) is 9.10. The number of rotatable bonds is 7. The van der Waals surface area contributed by atoms with Crippen molar-refractivity contribution in [1.29, 1.82) is 0 Å². The quantitative estimate of drug-likeness (QED) is 0.305. The van der Waals surface area contributed by atoms with Gasteiger partial charge in [0.05, 0.1) is 17.4 Å². The summed E-state index contributed by atoms with van der Waals surface area (Å²) in [7, 11) is 5.87. The second-order valence-corrected chi connectivity index (χ2v) is 9.17. The number of halogens is 1. The van der Waals surface area contributed by atoms with Crippen LogP contribution in [0, 0.1) is 5.82 Å². The van der Waals surface area contributed by atoms with E-state index in [0.717, 1.165) is 28.9 Å². The number of aromatic amines is 2. The first-order chi connectivity index (χ1) is 17.9. The number of aromatic nitrogens is 8. The lowest BCUT2D eigenvalue weighted by Crippen LogP contribution is -2.20. The summed E-state index contributed by atoms with van der Waals surface area (Å²) in [6.07, 6.45) is 5.37. The monoisotopic (exact) mass is 496 g/mol. The highest BCUT2D eigenvalue weighted by atomic mass is 19.1. The molecule has 0 aliphatic rings. The maximum atomic E-state index is 14.6. The van der Waals surface area contributed by atoms with Crippen LogP contribution in [0.15, 0.2) is 55.0 Å². The molecule has 10 nitrogen and oxygen atoms in total. The van der Waals surface area contributed by atoms with Gasteiger partial charge in [0.25, 0.3) is 0 Å². The number of nitrogens with one attached hydrogen (secondary N) is 3. The fourth-order valence-electron chi connectivity index (χ4n) is 4.31. The molecule has 6 aromatic rings. The summed E-state index contributed by atoms with van der Waals surface area (Å²) in [5, 5.41) is 15.0. The number of hydrogen-bond donors (Lipinski definition) is 3. The number of pyridine rings is 2. The molecular weight excluding hydrogens is 471 g/mol. The normalized spacial score (nSPS) is 11.7. The zero-order chi connectivity index (χ0) is 25.5. The number of likely N-dealkylation sites (N-methyl/N-ethyl adjacent to an activating group) is 1. The van der Waals surface area contributed by atoms with Gasteiger partial charge in [0.15, 0.2) is 17.2 Å². The zero-order valence-corrected chi connectivity index (χ0v) is 20.6. The molecule has 0 aliphatic carbocycles. The van der Waals surface area contributed by atoms with Crippen LogP contribution in [-0.2, 0) is 7.05 Å². The minimum Gasteiger partial charge on any atom is -0.384 e. The van der Waals surface area contributed by atoms with Gasteiger partial charge in [0, 0.05) is 49.3 Å². The van der Waals surface area contributed by atoms with Gasteiger partial charge in [0.2, 0.25) is 0 Å². The van der Waals surface area contributed by atoms with Gasteiger partial charge in [-0.05, 0) is 56.1 Å². The fraction of sp³-hybridized carbons (Fsp3) is 0.192. The minimum atomic E-state index is -0.323. The highest BCUT2D eigenvalue weighted by Gasteiger charge is 2.18. The summed E-state index contributed by atoms with van der Waals surface area (Å²) in [4.78, 5) is 19.4. The Balaban J connectivity index is 1.40. The summed E-state index contributed by atoms with van der Waals surface area (Å²) in [6.45, 7) is 1.54. The van der Waals surface area contributed by atoms with Crippen molar-refractivity contribution in [3.05, 3.63) is 60.8 Å². The lowest BCUT2D eigenvalue weighted by atomic mass is 10.0. The Morgan fingerprint density at radius 1 is 1.05 bits per heavy atom. The third-order valence-electron chi connectivity index (χ3n) is 6.11. The van der Waals surface area contributed by atoms with Crippen molar-refractivity contribution in [1.82, 2.24) is 44.8 Å². The van der Waals surface area contributed by atoms with E-state index >= 15 is 0 Å². The van der Waals surface area contributed by atoms with Gasteiger partial charge in [0.1, 0.15) is 16.9 Å². The molecule has 0 bridgehead atoms. The number of benzene rings is 1. The number of fused-ring (bicyclic) bond motifs is 2. The Kier molecular flexibility index (Phi) is 5.61. The maximum absolute atomic E-state index is 14.6. The van der Waals surface area contributed by atoms with Crippen molar-refractivity contribution in [2.75, 3.05) is 32.5 Å². The van der Waals surface area contributed by atoms with E-state index in [2.05, 4.69) is 35.5 Å². The molecule has 0 saturated heterocycles. The van der Waals surface area contributed by atoms with Crippen molar-refractivity contribution < 1.29 is 4.39 Å². The van der Waals surface area contributed by atoms with Gasteiger partial charge in [-0.15, -0.1) is 0 Å². The average Bonchev–Trinajstić information content (AvgIpc) is 3.60. The average molecular weight is 497 g/mol. The number of hydrogen-bond acceptors (Lipinski definition) is 7. The minimum absolute atomic E-state index is 0.323. The second-order valence-electron chi connectivity index (χ2n) is 9.17. The first-order valence-corrected chi connectivity index (χ1v) is 11.8. The van der Waals surface area contributed by atoms with Crippen LogP contribution in [0.4, 0.5) is 10.1 Å². The molecule has 37 heavy (non-hydrogen) atoms. The van der Waals surface area contributed by atoms with Gasteiger partial charge in [-0.25, -0.2) is 19.3 Å². The van der Waals surface area contributed by atoms with Gasteiger partial charge < -0.3 is 15.2 Å². The standard InChI is InChI=1S/C26H25FN10/c1-36(2)9-8-28-18-11-15(10-17(27)12-18)19-6-7-29-25-22(19)32-26(33-25)24-23-21(34-35-24)5-4-20(31-23)16-13-30-37(3)14-16/h4-7,10-14,28H,8-9H2,1-3H3,(H,34,35)(H,29,32,33). The van der Waals surface area contributed by atoms with E-state index < -0.39 is 0 Å². The van der Waals surface area contributed by atoms with Crippen molar-refractivity contribution >= 4 is 27.9 Å². The van der Waals surface area contributed by atoms with Crippen molar-refractivity contribution in [2.24, 2.45) is 7.05 Å². The third kappa shape index (κ3) is 4.40. The van der Waals surface area contributed by atoms with Gasteiger partial charge in [-0.2, -0.15) is 10.2 Å². The van der Waals surface area contributed by atoms with Crippen LogP contribution in [0.3, 0.4) is 0 Å². The number of nitrogens with zero attached hydrogens (tertiary/aromatic N) is 7. The molecule has 6 rings (SSSR count). The van der Waals surface area contributed by atoms with E-state index in [1.165, 1.54) is 12.1 Å². The Morgan fingerprint density at radius 3 is 2.76 bits per heavy atom. The summed E-state index contributed by atoms with van der Waals surface area (Å²) < 4.78 is 16.3. The van der Waals surface area contributed by atoms with E-state index in [1.807, 2.05) is 51.6 Å². The number of anilines is 1. The van der Waals surface area contributed by atoms with E-state index in [1.54, 1.807) is 17.1 Å². The number of H-pyrrole nitrogens is 2. The molecule has 0 atom stereocenters. The van der Waals surface area contributed by atoms with E-state index in [9.17, 15) is 4.39 Å². The molecule has 5 heterocycles. The van der Waals surface area contributed by atoms with E-state index in [-0.39, 0.29) is 5.82 Å². The highest BCUT2D eigenvalue weighted by Crippen LogP contribution is 2.32. The smallest absolute Gasteiger partial charge is 0.162 e. The van der Waals surface area contributed by atoms with Crippen LogP contribution >= 0.6 is 0 Å². The first-order valence-electron chi connectivity index (χ1n) is 11.8. The predicted molar refractivity (Wildman–Crippen MR) is 141 cm³/mol. The summed E-state index contributed by atoms with van der Waals surface area (Å²) in [5.41, 5.74) is 7.14. The first kappa shape index (κ1) is 22.8. The zero-order valence-electron chi connectivity index (χ0n) is 20.6. The molecule has 1 aromatic carbocycles. The summed E-state index contributed by atoms with van der Waals surface area (Å²) in [6, 6.07) is 10.6. The summed E-state index contributed by atoms with van der Waals surface area (Å²) >= 11 is 0. The molecule has 0 fully saturated rings. The molecular formula is C26H25FN10. The maximum Gasteiger partial charge on any atom is 0.162 e. The van der Waals surface area contributed by atoms with Crippen LogP contribution < -0.4 is 5.32 Å². The van der Waals surface area contributed by atoms with Gasteiger partial charge in [-0.3, -0.25) is 9.78 Å². The van der Waals surface area contributed by atoms with Crippen molar-refractivity contribution in [3.8, 4) is 33.9 Å². The molecule has 0 radical (unpaired) electrons. The Hall–Kier alpha value is -4.64. The lowest BCUT2D eigenvalue weighted by molar-refractivity contribution is 0.425. The highest BCUT2D eigenvalue weighted by molar-refractivity contribution is 5.95. The van der Waals surface area contributed by atoms with E-state index in [4.69, 9.17) is 9.97 Å². The van der Waals surface area contributed by atoms with Crippen LogP contribution in [0.25, 0.3) is 56.1 Å².